The van der Waals surface area contributed by atoms with Gasteiger partial charge in [-0.2, -0.15) is 0 Å². The SMILES string of the molecule is C#CCCC1CC(C)CCC/C(C)=C/CC(c2ccc3sc(CO)nc3c2)OC(=O)CCC(C)(C)C1=O. The maximum atomic E-state index is 13.6. The van der Waals surface area contributed by atoms with E-state index in [0.717, 1.165) is 41.5 Å². The molecule has 0 saturated carbocycles. The number of thiazole rings is 1. The van der Waals surface area contributed by atoms with Crippen LogP contribution in [0.5, 0.6) is 0 Å². The van der Waals surface area contributed by atoms with Crippen LogP contribution in [0.25, 0.3) is 10.2 Å². The molecule has 2 heterocycles. The maximum Gasteiger partial charge on any atom is 0.306 e. The third-order valence-electron chi connectivity index (χ3n) is 7.50. The number of benzene rings is 1. The Balaban J connectivity index is 1.85. The molecule has 5 nitrogen and oxygen atoms in total. The van der Waals surface area contributed by atoms with Gasteiger partial charge in [0.1, 0.15) is 16.9 Å². The molecule has 200 valence electrons. The zero-order valence-corrected chi connectivity index (χ0v) is 23.5. The monoisotopic (exact) mass is 523 g/mol. The Kier molecular flexibility index (Phi) is 10.5. The Morgan fingerprint density at radius 3 is 2.78 bits per heavy atom. The van der Waals surface area contributed by atoms with Crippen LogP contribution in [0.1, 0.15) is 102 Å². The summed E-state index contributed by atoms with van der Waals surface area (Å²) in [5.41, 5.74) is 2.34. The largest absolute Gasteiger partial charge is 0.457 e. The Bertz CT molecular complexity index is 1160. The summed E-state index contributed by atoms with van der Waals surface area (Å²) >= 11 is 1.46. The number of carbonyl (C=O) groups excluding carboxylic acids is 2. The molecule has 1 aromatic carbocycles. The van der Waals surface area contributed by atoms with E-state index in [0.29, 0.717) is 36.6 Å². The van der Waals surface area contributed by atoms with Gasteiger partial charge in [0.15, 0.2) is 0 Å². The van der Waals surface area contributed by atoms with Crippen LogP contribution < -0.4 is 0 Å². The molecule has 3 rings (SSSR count). The molecule has 0 aliphatic carbocycles. The van der Waals surface area contributed by atoms with E-state index in [4.69, 9.17) is 11.2 Å². The smallest absolute Gasteiger partial charge is 0.306 e. The second-order valence-corrected chi connectivity index (χ2v) is 12.3. The van der Waals surface area contributed by atoms with Crippen molar-refractivity contribution in [2.75, 3.05) is 0 Å². The summed E-state index contributed by atoms with van der Waals surface area (Å²) in [7, 11) is 0. The minimum atomic E-state index is -0.624. The number of Topliss-reactive ketones (excluding diaryl/α,β-unsaturated/α-hetero) is 1. The molecular weight excluding hydrogens is 482 g/mol. The molecule has 0 spiro atoms. The first-order valence-corrected chi connectivity index (χ1v) is 14.3. The number of cyclic esters (lactones) is 1. The molecule has 0 amide bonds. The second-order valence-electron chi connectivity index (χ2n) is 11.2. The van der Waals surface area contributed by atoms with Crippen molar-refractivity contribution in [3.05, 3.63) is 40.4 Å². The van der Waals surface area contributed by atoms with Crippen molar-refractivity contribution >= 4 is 33.3 Å². The van der Waals surface area contributed by atoms with E-state index in [-0.39, 0.29) is 30.7 Å². The van der Waals surface area contributed by atoms with Gasteiger partial charge in [-0.1, -0.05) is 44.9 Å². The highest BCUT2D eigenvalue weighted by Gasteiger charge is 2.34. The fourth-order valence-corrected chi connectivity index (χ4v) is 5.98. The molecule has 0 radical (unpaired) electrons. The first-order valence-electron chi connectivity index (χ1n) is 13.5. The van der Waals surface area contributed by atoms with E-state index in [1.54, 1.807) is 0 Å². The van der Waals surface area contributed by atoms with Crippen molar-refractivity contribution in [1.82, 2.24) is 4.98 Å². The normalized spacial score (nSPS) is 25.7. The molecule has 1 aliphatic rings. The predicted octanol–water partition coefficient (Wildman–Crippen LogP) is 7.32. The highest BCUT2D eigenvalue weighted by molar-refractivity contribution is 7.18. The molecule has 6 heteroatoms. The molecule has 1 aliphatic heterocycles. The third kappa shape index (κ3) is 8.25. The number of ether oxygens (including phenoxy) is 1. The predicted molar refractivity (Wildman–Crippen MR) is 150 cm³/mol. The lowest BCUT2D eigenvalue weighted by molar-refractivity contribution is -0.150. The molecule has 0 saturated heterocycles. The summed E-state index contributed by atoms with van der Waals surface area (Å²) in [4.78, 5) is 31.1. The van der Waals surface area contributed by atoms with E-state index >= 15 is 0 Å². The number of carbonyl (C=O) groups is 2. The molecule has 37 heavy (non-hydrogen) atoms. The maximum absolute atomic E-state index is 13.6. The first kappa shape index (κ1) is 29.1. The lowest BCUT2D eigenvalue weighted by atomic mass is 9.73. The van der Waals surface area contributed by atoms with Crippen LogP contribution in [-0.4, -0.2) is 21.8 Å². The topological polar surface area (TPSA) is 76.5 Å². The zero-order chi connectivity index (χ0) is 27.0. The number of hydrogen-bond acceptors (Lipinski definition) is 6. The number of aromatic nitrogens is 1. The van der Waals surface area contributed by atoms with E-state index in [1.807, 2.05) is 32.0 Å². The fourth-order valence-electron chi connectivity index (χ4n) is 5.18. The summed E-state index contributed by atoms with van der Waals surface area (Å²) < 4.78 is 7.00. The van der Waals surface area contributed by atoms with Gasteiger partial charge in [-0.05, 0) is 62.6 Å². The summed E-state index contributed by atoms with van der Waals surface area (Å²) in [5, 5.41) is 10.1. The van der Waals surface area contributed by atoms with E-state index in [1.165, 1.54) is 16.9 Å². The average molecular weight is 524 g/mol. The highest BCUT2D eigenvalue weighted by Crippen LogP contribution is 2.35. The molecule has 2 aromatic rings. The fraction of sp³-hybridized carbons (Fsp3) is 0.581. The van der Waals surface area contributed by atoms with Crippen LogP contribution >= 0.6 is 11.3 Å². The third-order valence-corrected chi connectivity index (χ3v) is 8.52. The molecule has 1 N–H and O–H groups in total. The minimum Gasteiger partial charge on any atom is -0.457 e. The number of terminal acetylenes is 1. The summed E-state index contributed by atoms with van der Waals surface area (Å²) in [6.07, 6.45) is 13.7. The number of allylic oxidation sites excluding steroid dienone is 1. The highest BCUT2D eigenvalue weighted by atomic mass is 32.1. The van der Waals surface area contributed by atoms with Gasteiger partial charge in [-0.15, -0.1) is 23.7 Å². The average Bonchev–Trinajstić information content (AvgIpc) is 3.29. The Labute approximate surface area is 225 Å². The summed E-state index contributed by atoms with van der Waals surface area (Å²) in [5.74, 6) is 2.96. The number of hydrogen-bond donors (Lipinski definition) is 1. The molecular formula is C31H41NO4S. The summed E-state index contributed by atoms with van der Waals surface area (Å²) in [6, 6.07) is 5.91. The van der Waals surface area contributed by atoms with Crippen molar-refractivity contribution in [2.45, 2.75) is 98.2 Å². The van der Waals surface area contributed by atoms with Crippen molar-refractivity contribution < 1.29 is 19.4 Å². The summed E-state index contributed by atoms with van der Waals surface area (Å²) in [6.45, 7) is 8.16. The Hall–Kier alpha value is -2.49. The Morgan fingerprint density at radius 1 is 1.27 bits per heavy atom. The quantitative estimate of drug-likeness (QED) is 0.258. The standard InChI is InChI=1S/C31H41NO4S/c1-6-7-11-24-18-22(3)10-8-9-21(2)12-14-26(36-29(34)16-17-31(4,5)30(24)35)23-13-15-27-25(19-23)32-28(20-33)37-27/h1,12-13,15,19,22,24,26,33H,7-11,14,16-18,20H2,2-5H3/b21-12+. The minimum absolute atomic E-state index is 0.0805. The first-order chi connectivity index (χ1) is 17.6. The van der Waals surface area contributed by atoms with Crippen LogP contribution in [0.4, 0.5) is 0 Å². The number of aliphatic hydroxyl groups excluding tert-OH is 1. The molecule has 0 bridgehead atoms. The van der Waals surface area contributed by atoms with Gasteiger partial charge >= 0.3 is 5.97 Å². The van der Waals surface area contributed by atoms with Crippen molar-refractivity contribution in [3.8, 4) is 12.3 Å². The van der Waals surface area contributed by atoms with E-state index < -0.39 is 11.5 Å². The molecule has 1 aromatic heterocycles. The van der Waals surface area contributed by atoms with E-state index in [9.17, 15) is 14.7 Å². The van der Waals surface area contributed by atoms with Crippen LogP contribution in [0.3, 0.4) is 0 Å². The van der Waals surface area contributed by atoms with Crippen LogP contribution in [0, 0.1) is 29.6 Å². The van der Waals surface area contributed by atoms with Crippen LogP contribution in [0.15, 0.2) is 29.8 Å². The van der Waals surface area contributed by atoms with Crippen molar-refractivity contribution in [1.29, 1.82) is 0 Å². The lowest BCUT2D eigenvalue weighted by Crippen LogP contribution is -2.33. The number of ketones is 1. The van der Waals surface area contributed by atoms with Crippen LogP contribution in [0.2, 0.25) is 0 Å². The zero-order valence-electron chi connectivity index (χ0n) is 22.7. The number of aliphatic hydroxyl groups is 1. The second kappa shape index (κ2) is 13.3. The van der Waals surface area contributed by atoms with Gasteiger partial charge in [0.05, 0.1) is 16.8 Å². The van der Waals surface area contributed by atoms with Gasteiger partial charge in [0, 0.05) is 30.6 Å². The lowest BCUT2D eigenvalue weighted by Gasteiger charge is -2.30. The number of esters is 1. The van der Waals surface area contributed by atoms with Crippen LogP contribution in [-0.2, 0) is 20.9 Å². The van der Waals surface area contributed by atoms with Gasteiger partial charge in [-0.25, -0.2) is 4.98 Å². The molecule has 0 fully saturated rings. The Morgan fingerprint density at radius 2 is 2.05 bits per heavy atom. The molecule has 3 atom stereocenters. The number of fused-ring (bicyclic) bond motifs is 1. The number of nitrogens with zero attached hydrogens (tertiary/aromatic N) is 1. The van der Waals surface area contributed by atoms with Gasteiger partial charge in [0.25, 0.3) is 0 Å². The molecule has 3 unspecified atom stereocenters. The van der Waals surface area contributed by atoms with Gasteiger partial charge in [0.2, 0.25) is 0 Å². The number of rotatable bonds is 4. The van der Waals surface area contributed by atoms with Gasteiger partial charge in [-0.3, -0.25) is 9.59 Å². The van der Waals surface area contributed by atoms with E-state index in [2.05, 4.69) is 30.8 Å². The van der Waals surface area contributed by atoms with Crippen molar-refractivity contribution in [3.63, 3.8) is 0 Å². The van der Waals surface area contributed by atoms with Gasteiger partial charge < -0.3 is 9.84 Å². The van der Waals surface area contributed by atoms with Crippen molar-refractivity contribution in [2.24, 2.45) is 17.3 Å².